The Balaban J connectivity index is 1.36. The maximum atomic E-state index is 13.0. The zero-order chi connectivity index (χ0) is 27.0. The number of rotatable bonds is 8. The number of para-hydroxylation sites is 1. The van der Waals surface area contributed by atoms with E-state index in [9.17, 15) is 9.59 Å². The first-order valence-electron chi connectivity index (χ1n) is 12.5. The molecule has 0 atom stereocenters. The number of nitrogens with one attached hydrogen (secondary N) is 1. The number of amides is 1. The number of aryl methyl sites for hydroxylation is 1. The summed E-state index contributed by atoms with van der Waals surface area (Å²) in [5, 5.41) is 5.98. The predicted octanol–water partition coefficient (Wildman–Crippen LogP) is 6.71. The second kappa shape index (κ2) is 11.9. The van der Waals surface area contributed by atoms with E-state index in [1.54, 1.807) is 36.4 Å². The van der Waals surface area contributed by atoms with E-state index in [1.807, 2.05) is 85.8 Å². The zero-order valence-corrected chi connectivity index (χ0v) is 21.3. The first-order valence-corrected chi connectivity index (χ1v) is 12.5. The van der Waals surface area contributed by atoms with Gasteiger partial charge in [-0.2, -0.15) is 5.10 Å². The Labute approximate surface area is 226 Å². The van der Waals surface area contributed by atoms with Gasteiger partial charge in [0.25, 0.3) is 5.91 Å². The number of carbonyl (C=O) groups is 2. The summed E-state index contributed by atoms with van der Waals surface area (Å²) < 4.78 is 11.7. The van der Waals surface area contributed by atoms with Crippen molar-refractivity contribution in [3.8, 4) is 11.5 Å². The van der Waals surface area contributed by atoms with Gasteiger partial charge in [0.2, 0.25) is 0 Å². The molecule has 6 heteroatoms. The van der Waals surface area contributed by atoms with Gasteiger partial charge in [0, 0.05) is 5.56 Å². The van der Waals surface area contributed by atoms with Gasteiger partial charge in [0.1, 0.15) is 18.1 Å². The largest absolute Gasteiger partial charge is 0.488 e. The molecule has 39 heavy (non-hydrogen) atoms. The van der Waals surface area contributed by atoms with Gasteiger partial charge in [-0.05, 0) is 53.6 Å². The number of hydrogen-bond donors (Lipinski definition) is 1. The smallest absolute Gasteiger partial charge is 0.343 e. The Hall–Kier alpha value is -5.23. The standard InChI is InChI=1S/C33H26N2O4/c1-23-15-17-26(18-16-23)33(37)39-31-20-19-25-11-5-6-12-27(25)29(31)21-34-35-32(36)28-13-7-8-14-30(28)38-22-24-9-3-2-4-10-24/h2-21H,22H2,1H3,(H,35,36)/b34-21-. The number of ether oxygens (including phenoxy) is 2. The average molecular weight is 515 g/mol. The van der Waals surface area contributed by atoms with Crippen molar-refractivity contribution < 1.29 is 19.1 Å². The molecule has 1 N–H and O–H groups in total. The quantitative estimate of drug-likeness (QED) is 0.108. The van der Waals surface area contributed by atoms with E-state index in [2.05, 4.69) is 10.5 Å². The van der Waals surface area contributed by atoms with Crippen LogP contribution in [0.1, 0.15) is 37.4 Å². The van der Waals surface area contributed by atoms with Gasteiger partial charge in [0.15, 0.2) is 0 Å². The maximum Gasteiger partial charge on any atom is 0.343 e. The molecule has 0 saturated carbocycles. The monoisotopic (exact) mass is 514 g/mol. The van der Waals surface area contributed by atoms with E-state index >= 15 is 0 Å². The topological polar surface area (TPSA) is 77.0 Å². The Morgan fingerprint density at radius 3 is 2.31 bits per heavy atom. The molecule has 0 radical (unpaired) electrons. The molecule has 0 aliphatic carbocycles. The number of hydrazone groups is 1. The van der Waals surface area contributed by atoms with Gasteiger partial charge in [-0.15, -0.1) is 0 Å². The van der Waals surface area contributed by atoms with Crippen molar-refractivity contribution >= 4 is 28.9 Å². The summed E-state index contributed by atoms with van der Waals surface area (Å²) in [6.07, 6.45) is 1.49. The number of nitrogens with zero attached hydrogens (tertiary/aromatic N) is 1. The summed E-state index contributed by atoms with van der Waals surface area (Å²) in [5.74, 6) is -0.113. The van der Waals surface area contributed by atoms with E-state index < -0.39 is 11.9 Å². The number of fused-ring (bicyclic) bond motifs is 1. The third-order valence-corrected chi connectivity index (χ3v) is 6.15. The first-order chi connectivity index (χ1) is 19.1. The minimum absolute atomic E-state index is 0.333. The Morgan fingerprint density at radius 2 is 1.49 bits per heavy atom. The second-order valence-corrected chi connectivity index (χ2v) is 8.92. The predicted molar refractivity (Wildman–Crippen MR) is 152 cm³/mol. The molecule has 0 spiro atoms. The van der Waals surface area contributed by atoms with Crippen molar-refractivity contribution in [3.05, 3.63) is 143 Å². The lowest BCUT2D eigenvalue weighted by Gasteiger charge is -2.11. The van der Waals surface area contributed by atoms with Crippen LogP contribution in [-0.4, -0.2) is 18.1 Å². The van der Waals surface area contributed by atoms with Crippen LogP contribution < -0.4 is 14.9 Å². The van der Waals surface area contributed by atoms with Crippen molar-refractivity contribution in [2.45, 2.75) is 13.5 Å². The van der Waals surface area contributed by atoms with Crippen LogP contribution >= 0.6 is 0 Å². The third kappa shape index (κ3) is 6.19. The van der Waals surface area contributed by atoms with Crippen molar-refractivity contribution in [3.63, 3.8) is 0 Å². The number of benzene rings is 5. The maximum absolute atomic E-state index is 13.0. The molecule has 1 amide bonds. The summed E-state index contributed by atoms with van der Waals surface area (Å²) in [6.45, 7) is 2.29. The fraction of sp³-hybridized carbons (Fsp3) is 0.0606. The minimum atomic E-state index is -0.478. The molecular weight excluding hydrogens is 488 g/mol. The Kier molecular flexibility index (Phi) is 7.74. The number of esters is 1. The van der Waals surface area contributed by atoms with Crippen molar-refractivity contribution in [1.29, 1.82) is 0 Å². The highest BCUT2D eigenvalue weighted by molar-refractivity contribution is 6.04. The lowest BCUT2D eigenvalue weighted by Crippen LogP contribution is -2.19. The van der Waals surface area contributed by atoms with E-state index in [0.717, 1.165) is 21.9 Å². The van der Waals surface area contributed by atoms with Crippen LogP contribution in [0.15, 0.2) is 120 Å². The van der Waals surface area contributed by atoms with Crippen LogP contribution in [0, 0.1) is 6.92 Å². The minimum Gasteiger partial charge on any atom is -0.488 e. The molecule has 0 aromatic heterocycles. The molecule has 0 fully saturated rings. The molecule has 0 aliphatic heterocycles. The Bertz CT molecular complexity index is 1640. The summed E-state index contributed by atoms with van der Waals surface area (Å²) in [4.78, 5) is 25.8. The van der Waals surface area contributed by atoms with E-state index in [-0.39, 0.29) is 0 Å². The average Bonchev–Trinajstić information content (AvgIpc) is 2.98. The first kappa shape index (κ1) is 25.4. The molecule has 0 aliphatic rings. The molecule has 5 aromatic rings. The van der Waals surface area contributed by atoms with Crippen LogP contribution in [0.5, 0.6) is 11.5 Å². The van der Waals surface area contributed by atoms with E-state index in [4.69, 9.17) is 9.47 Å². The van der Waals surface area contributed by atoms with Crippen LogP contribution in [0.3, 0.4) is 0 Å². The summed E-state index contributed by atoms with van der Waals surface area (Å²) in [5.41, 5.74) is 5.99. The van der Waals surface area contributed by atoms with Crippen LogP contribution in [0.2, 0.25) is 0 Å². The lowest BCUT2D eigenvalue weighted by atomic mass is 10.0. The van der Waals surface area contributed by atoms with Crippen molar-refractivity contribution in [2.75, 3.05) is 0 Å². The van der Waals surface area contributed by atoms with Gasteiger partial charge in [-0.3, -0.25) is 4.79 Å². The summed E-state index contributed by atoms with van der Waals surface area (Å²) in [6, 6.07) is 35.2. The Morgan fingerprint density at radius 1 is 0.769 bits per heavy atom. The summed E-state index contributed by atoms with van der Waals surface area (Å²) >= 11 is 0. The summed E-state index contributed by atoms with van der Waals surface area (Å²) in [7, 11) is 0. The highest BCUT2D eigenvalue weighted by Gasteiger charge is 2.15. The number of carbonyl (C=O) groups excluding carboxylic acids is 2. The van der Waals surface area contributed by atoms with Gasteiger partial charge in [0.05, 0.1) is 17.3 Å². The van der Waals surface area contributed by atoms with Crippen molar-refractivity contribution in [2.24, 2.45) is 5.10 Å². The SMILES string of the molecule is Cc1ccc(C(=O)Oc2ccc3ccccc3c2/C=N\NC(=O)c2ccccc2OCc2ccccc2)cc1. The molecule has 5 rings (SSSR count). The molecular formula is C33H26N2O4. The van der Waals surface area contributed by atoms with E-state index in [1.165, 1.54) is 6.21 Å². The van der Waals surface area contributed by atoms with Gasteiger partial charge >= 0.3 is 5.97 Å². The molecule has 6 nitrogen and oxygen atoms in total. The van der Waals surface area contributed by atoms with Crippen LogP contribution in [-0.2, 0) is 6.61 Å². The van der Waals surface area contributed by atoms with E-state index in [0.29, 0.717) is 34.8 Å². The highest BCUT2D eigenvalue weighted by atomic mass is 16.5. The fourth-order valence-corrected chi connectivity index (χ4v) is 4.08. The van der Waals surface area contributed by atoms with Gasteiger partial charge in [-0.25, -0.2) is 10.2 Å². The molecule has 0 bridgehead atoms. The van der Waals surface area contributed by atoms with Crippen LogP contribution in [0.25, 0.3) is 10.8 Å². The molecule has 5 aromatic carbocycles. The number of hydrogen-bond acceptors (Lipinski definition) is 5. The molecule has 0 heterocycles. The zero-order valence-electron chi connectivity index (χ0n) is 21.3. The fourth-order valence-electron chi connectivity index (χ4n) is 4.08. The van der Waals surface area contributed by atoms with Crippen LogP contribution in [0.4, 0.5) is 0 Å². The van der Waals surface area contributed by atoms with Gasteiger partial charge < -0.3 is 9.47 Å². The van der Waals surface area contributed by atoms with Crippen molar-refractivity contribution in [1.82, 2.24) is 5.43 Å². The molecule has 192 valence electrons. The third-order valence-electron chi connectivity index (χ3n) is 6.15. The molecule has 0 unspecified atom stereocenters. The highest BCUT2D eigenvalue weighted by Crippen LogP contribution is 2.27. The normalized spacial score (nSPS) is 10.9. The lowest BCUT2D eigenvalue weighted by molar-refractivity contribution is 0.0734. The van der Waals surface area contributed by atoms with Gasteiger partial charge in [-0.1, -0.05) is 90.5 Å². The second-order valence-electron chi connectivity index (χ2n) is 8.92. The molecule has 0 saturated heterocycles.